The maximum Gasteiger partial charge on any atom is 0.387 e. The first-order valence-corrected chi connectivity index (χ1v) is 8.83. The van der Waals surface area contributed by atoms with Crippen LogP contribution >= 0.6 is 11.6 Å². The van der Waals surface area contributed by atoms with Crippen LogP contribution in [0.25, 0.3) is 0 Å². The second-order valence-electron chi connectivity index (χ2n) is 6.20. The smallest absolute Gasteiger partial charge is 0.387 e. The molecule has 3 aromatic rings. The van der Waals surface area contributed by atoms with E-state index in [0.717, 1.165) is 11.4 Å². The molecule has 0 spiro atoms. The van der Waals surface area contributed by atoms with E-state index in [9.17, 15) is 13.6 Å². The summed E-state index contributed by atoms with van der Waals surface area (Å²) >= 11 is 6.08. The summed E-state index contributed by atoms with van der Waals surface area (Å²) in [4.78, 5) is 13.6. The van der Waals surface area contributed by atoms with E-state index in [2.05, 4.69) is 25.2 Å². The molecule has 1 aromatic carbocycles. The van der Waals surface area contributed by atoms with Gasteiger partial charge in [-0.2, -0.15) is 13.9 Å². The molecule has 0 atom stereocenters. The average molecular weight is 409 g/mol. The number of para-hydroxylation sites is 1. The second kappa shape index (κ2) is 7.55. The Hall–Kier alpha value is -3.01. The highest BCUT2D eigenvalue weighted by Crippen LogP contribution is 2.27. The van der Waals surface area contributed by atoms with Crippen LogP contribution in [0.15, 0.2) is 35.3 Å². The second-order valence-corrected chi connectivity index (χ2v) is 6.57. The topological polar surface area (TPSA) is 88.9 Å². The number of nitrogens with one attached hydrogen (secondary N) is 1. The van der Waals surface area contributed by atoms with Crippen LogP contribution in [-0.4, -0.2) is 38.3 Å². The number of rotatable bonds is 5. The number of halogens is 3. The normalized spacial score (nSPS) is 13.6. The molecule has 1 aliphatic rings. The van der Waals surface area contributed by atoms with Crippen LogP contribution in [0.1, 0.15) is 17.0 Å². The lowest BCUT2D eigenvalue weighted by Gasteiger charge is -2.28. The summed E-state index contributed by atoms with van der Waals surface area (Å²) in [6.45, 7) is -1.64. The molecule has 2 aromatic heterocycles. The molecule has 28 heavy (non-hydrogen) atoms. The molecule has 0 unspecified atom stereocenters. The van der Waals surface area contributed by atoms with Crippen molar-refractivity contribution in [2.75, 3.05) is 11.4 Å². The van der Waals surface area contributed by atoms with Gasteiger partial charge in [0.25, 0.3) is 5.56 Å². The standard InChI is InChI=1S/C17H15ClF2N6O2/c18-15-13(7-21-23-16(15)27)25-6-5-12-11(9-25)22-24-26(12)8-10-3-1-2-4-14(10)28-17(19)20/h1-4,7,17H,5-6,8-9H2,(H,23,27). The molecule has 11 heteroatoms. The zero-order chi connectivity index (χ0) is 19.7. The van der Waals surface area contributed by atoms with Gasteiger partial charge in [-0.15, -0.1) is 5.10 Å². The minimum atomic E-state index is -2.90. The third kappa shape index (κ3) is 3.55. The van der Waals surface area contributed by atoms with Crippen LogP contribution < -0.4 is 15.2 Å². The van der Waals surface area contributed by atoms with E-state index in [0.29, 0.717) is 30.8 Å². The number of aromatic amines is 1. The molecule has 3 heterocycles. The van der Waals surface area contributed by atoms with Crippen LogP contribution in [0.3, 0.4) is 0 Å². The van der Waals surface area contributed by atoms with Gasteiger partial charge in [0.15, 0.2) is 0 Å². The van der Waals surface area contributed by atoms with Crippen molar-refractivity contribution in [3.63, 3.8) is 0 Å². The Kier molecular flexibility index (Phi) is 4.95. The minimum Gasteiger partial charge on any atom is -0.434 e. The van der Waals surface area contributed by atoms with Gasteiger partial charge in [-0.05, 0) is 6.07 Å². The number of fused-ring (bicyclic) bond motifs is 1. The predicted molar refractivity (Wildman–Crippen MR) is 96.8 cm³/mol. The fourth-order valence-corrected chi connectivity index (χ4v) is 3.41. The van der Waals surface area contributed by atoms with Crippen molar-refractivity contribution < 1.29 is 13.5 Å². The average Bonchev–Trinajstić information content (AvgIpc) is 3.07. The van der Waals surface area contributed by atoms with Crippen molar-refractivity contribution in [3.8, 4) is 5.75 Å². The van der Waals surface area contributed by atoms with E-state index >= 15 is 0 Å². The highest BCUT2D eigenvalue weighted by atomic mass is 35.5. The summed E-state index contributed by atoms with van der Waals surface area (Å²) in [5.41, 5.74) is 2.29. The van der Waals surface area contributed by atoms with Crippen LogP contribution in [0, 0.1) is 0 Å². The Bertz CT molecular complexity index is 1050. The van der Waals surface area contributed by atoms with Crippen molar-refractivity contribution in [1.82, 2.24) is 25.2 Å². The van der Waals surface area contributed by atoms with Gasteiger partial charge in [0.05, 0.1) is 30.7 Å². The quantitative estimate of drug-likeness (QED) is 0.696. The predicted octanol–water partition coefficient (Wildman–Crippen LogP) is 2.23. The van der Waals surface area contributed by atoms with E-state index in [1.54, 1.807) is 22.9 Å². The van der Waals surface area contributed by atoms with E-state index < -0.39 is 12.2 Å². The monoisotopic (exact) mass is 408 g/mol. The first-order valence-electron chi connectivity index (χ1n) is 8.45. The maximum atomic E-state index is 12.6. The van der Waals surface area contributed by atoms with Gasteiger partial charge in [0, 0.05) is 18.5 Å². The molecular weight excluding hydrogens is 394 g/mol. The van der Waals surface area contributed by atoms with Crippen molar-refractivity contribution in [2.45, 2.75) is 26.1 Å². The molecule has 1 aliphatic heterocycles. The number of ether oxygens (including phenoxy) is 1. The van der Waals surface area contributed by atoms with Gasteiger partial charge >= 0.3 is 6.61 Å². The van der Waals surface area contributed by atoms with Gasteiger partial charge < -0.3 is 9.64 Å². The molecular formula is C17H15ClF2N6O2. The zero-order valence-electron chi connectivity index (χ0n) is 14.5. The van der Waals surface area contributed by atoms with Gasteiger partial charge in [-0.3, -0.25) is 4.79 Å². The molecule has 0 amide bonds. The Morgan fingerprint density at radius 1 is 1.32 bits per heavy atom. The van der Waals surface area contributed by atoms with Crippen molar-refractivity contribution in [3.05, 3.63) is 62.8 Å². The number of hydrogen-bond donors (Lipinski definition) is 1. The van der Waals surface area contributed by atoms with Crippen LogP contribution in [-0.2, 0) is 19.5 Å². The molecule has 8 nitrogen and oxygen atoms in total. The Morgan fingerprint density at radius 2 is 2.14 bits per heavy atom. The molecule has 0 saturated carbocycles. The third-order valence-corrected chi connectivity index (χ3v) is 4.87. The maximum absolute atomic E-state index is 12.6. The number of nitrogens with zero attached hydrogens (tertiary/aromatic N) is 5. The van der Waals surface area contributed by atoms with Gasteiger partial charge in [-0.1, -0.05) is 35.0 Å². The van der Waals surface area contributed by atoms with Crippen LogP contribution in [0.5, 0.6) is 5.75 Å². The lowest BCUT2D eigenvalue weighted by Crippen LogP contribution is -2.32. The number of aromatic nitrogens is 5. The van der Waals surface area contributed by atoms with Gasteiger partial charge in [0.2, 0.25) is 0 Å². The lowest BCUT2D eigenvalue weighted by atomic mass is 10.1. The fourth-order valence-electron chi connectivity index (χ4n) is 3.20. The van der Waals surface area contributed by atoms with Gasteiger partial charge in [-0.25, -0.2) is 9.78 Å². The number of benzene rings is 1. The molecule has 0 aliphatic carbocycles. The zero-order valence-corrected chi connectivity index (χ0v) is 15.2. The molecule has 0 fully saturated rings. The summed E-state index contributed by atoms with van der Waals surface area (Å²) in [6.07, 6.45) is 2.10. The van der Waals surface area contributed by atoms with Crippen molar-refractivity contribution >= 4 is 17.3 Å². The summed E-state index contributed by atoms with van der Waals surface area (Å²) < 4.78 is 31.5. The first kappa shape index (κ1) is 18.4. The van der Waals surface area contributed by atoms with E-state index in [-0.39, 0.29) is 17.3 Å². The molecule has 1 N–H and O–H groups in total. The number of H-pyrrole nitrogens is 1. The van der Waals surface area contributed by atoms with Gasteiger partial charge in [0.1, 0.15) is 16.5 Å². The molecule has 0 radical (unpaired) electrons. The van der Waals surface area contributed by atoms with Crippen LogP contribution in [0.4, 0.5) is 14.5 Å². The van der Waals surface area contributed by atoms with E-state index in [1.807, 2.05) is 4.90 Å². The molecule has 4 rings (SSSR count). The fraction of sp³-hybridized carbons (Fsp3) is 0.294. The Balaban J connectivity index is 1.57. The third-order valence-electron chi connectivity index (χ3n) is 4.50. The summed E-state index contributed by atoms with van der Waals surface area (Å²) in [5.74, 6) is 0.112. The lowest BCUT2D eigenvalue weighted by molar-refractivity contribution is -0.0505. The van der Waals surface area contributed by atoms with Crippen LogP contribution in [0.2, 0.25) is 5.02 Å². The molecule has 146 valence electrons. The number of anilines is 1. The minimum absolute atomic E-state index is 0.0731. The largest absolute Gasteiger partial charge is 0.434 e. The first-order chi connectivity index (χ1) is 13.5. The van der Waals surface area contributed by atoms with E-state index in [4.69, 9.17) is 11.6 Å². The molecule has 0 bridgehead atoms. The SMILES string of the molecule is O=c1[nH]ncc(N2CCc3c(nnn3Cc3ccccc3OC(F)F)C2)c1Cl. The summed E-state index contributed by atoms with van der Waals surface area (Å²) in [6, 6.07) is 6.59. The Morgan fingerprint density at radius 3 is 2.96 bits per heavy atom. The Labute approximate surface area is 162 Å². The highest BCUT2D eigenvalue weighted by Gasteiger charge is 2.25. The summed E-state index contributed by atoms with van der Waals surface area (Å²) in [5, 5.41) is 14.5. The number of hydrogen-bond acceptors (Lipinski definition) is 6. The highest BCUT2D eigenvalue weighted by molar-refractivity contribution is 6.32. The number of alkyl halides is 2. The molecule has 0 saturated heterocycles. The summed E-state index contributed by atoms with van der Waals surface area (Å²) in [7, 11) is 0. The van der Waals surface area contributed by atoms with E-state index in [1.165, 1.54) is 12.3 Å². The van der Waals surface area contributed by atoms with Crippen molar-refractivity contribution in [2.24, 2.45) is 0 Å². The van der Waals surface area contributed by atoms with Crippen molar-refractivity contribution in [1.29, 1.82) is 0 Å².